The van der Waals surface area contributed by atoms with E-state index in [1.165, 1.54) is 23.3 Å². The van der Waals surface area contributed by atoms with Gasteiger partial charge in [-0.05, 0) is 55.7 Å². The molecule has 132 valence electrons. The maximum atomic E-state index is 12.1. The van der Waals surface area contributed by atoms with Crippen LogP contribution < -0.4 is 4.72 Å². The Kier molecular flexibility index (Phi) is 6.38. The number of sulfonamides is 1. The zero-order valence-electron chi connectivity index (χ0n) is 13.9. The number of thioether (sulfide) groups is 1. The van der Waals surface area contributed by atoms with E-state index in [4.69, 9.17) is 0 Å². The summed E-state index contributed by atoms with van der Waals surface area (Å²) in [5.41, 5.74) is 0.894. The number of benzene rings is 1. The number of nitrogens with one attached hydrogen (secondary N) is 1. The molecule has 1 unspecified atom stereocenters. The number of rotatable bonds is 6. The van der Waals surface area contributed by atoms with Gasteiger partial charge in [-0.15, -0.1) is 0 Å². The van der Waals surface area contributed by atoms with Crippen LogP contribution in [0.25, 0.3) is 6.08 Å². The minimum absolute atomic E-state index is 0.454. The van der Waals surface area contributed by atoms with Crippen molar-refractivity contribution in [3.8, 4) is 0 Å². The zero-order valence-corrected chi connectivity index (χ0v) is 15.6. The van der Waals surface area contributed by atoms with Crippen molar-refractivity contribution in [2.24, 2.45) is 5.92 Å². The van der Waals surface area contributed by atoms with Crippen molar-refractivity contribution >= 4 is 27.9 Å². The van der Waals surface area contributed by atoms with Gasteiger partial charge in [0.15, 0.2) is 0 Å². The van der Waals surface area contributed by atoms with Gasteiger partial charge in [-0.1, -0.05) is 30.3 Å². The Morgan fingerprint density at radius 1 is 1.17 bits per heavy atom. The first kappa shape index (κ1) is 18.0. The average molecular weight is 367 g/mol. The lowest BCUT2D eigenvalue weighted by molar-refractivity contribution is 0.145. The van der Waals surface area contributed by atoms with Gasteiger partial charge in [0.05, 0.1) is 0 Å². The second kappa shape index (κ2) is 8.52. The maximum absolute atomic E-state index is 12.1. The lowest BCUT2D eigenvalue weighted by Gasteiger charge is -2.35. The molecule has 0 bridgehead atoms. The molecule has 1 aromatic carbocycles. The first-order valence-electron chi connectivity index (χ1n) is 8.67. The molecule has 4 nitrogen and oxygen atoms in total. The lowest BCUT2D eigenvalue weighted by atomic mass is 9.96. The highest BCUT2D eigenvalue weighted by molar-refractivity contribution is 7.99. The molecule has 0 saturated carbocycles. The van der Waals surface area contributed by atoms with E-state index in [9.17, 15) is 8.42 Å². The second-order valence-electron chi connectivity index (χ2n) is 6.60. The summed E-state index contributed by atoms with van der Waals surface area (Å²) in [5.74, 6) is 3.01. The van der Waals surface area contributed by atoms with Gasteiger partial charge in [0.1, 0.15) is 0 Å². The molecule has 1 atom stereocenters. The monoisotopic (exact) mass is 366 g/mol. The quantitative estimate of drug-likeness (QED) is 0.841. The highest BCUT2D eigenvalue weighted by Crippen LogP contribution is 2.26. The second-order valence-corrected chi connectivity index (χ2v) is 9.40. The van der Waals surface area contributed by atoms with Crippen molar-refractivity contribution in [2.75, 3.05) is 31.1 Å². The summed E-state index contributed by atoms with van der Waals surface area (Å²) >= 11 is 2.05. The molecule has 0 aliphatic carbocycles. The molecular formula is C18H26N2O2S2. The topological polar surface area (TPSA) is 49.4 Å². The van der Waals surface area contributed by atoms with Gasteiger partial charge in [-0.3, -0.25) is 4.90 Å². The molecule has 2 aliphatic rings. The molecule has 6 heteroatoms. The molecule has 0 amide bonds. The van der Waals surface area contributed by atoms with Crippen molar-refractivity contribution in [3.05, 3.63) is 41.3 Å². The summed E-state index contributed by atoms with van der Waals surface area (Å²) < 4.78 is 27.0. The van der Waals surface area contributed by atoms with E-state index in [1.807, 2.05) is 30.3 Å². The Morgan fingerprint density at radius 3 is 2.58 bits per heavy atom. The number of hydrogen-bond donors (Lipinski definition) is 1. The van der Waals surface area contributed by atoms with E-state index < -0.39 is 10.0 Å². The Bertz CT molecular complexity index is 632. The molecule has 2 fully saturated rings. The molecule has 1 N–H and O–H groups in total. The maximum Gasteiger partial charge on any atom is 0.233 e. The lowest BCUT2D eigenvalue weighted by Crippen LogP contribution is -2.43. The van der Waals surface area contributed by atoms with Gasteiger partial charge < -0.3 is 0 Å². The van der Waals surface area contributed by atoms with Crippen LogP contribution in [0.3, 0.4) is 0 Å². The summed E-state index contributed by atoms with van der Waals surface area (Å²) in [6, 6.07) is 10.3. The molecule has 2 saturated heterocycles. The van der Waals surface area contributed by atoms with Crippen LogP contribution in [0, 0.1) is 5.92 Å². The smallest absolute Gasteiger partial charge is 0.233 e. The Labute approximate surface area is 149 Å². The largest absolute Gasteiger partial charge is 0.300 e. The van der Waals surface area contributed by atoms with Gasteiger partial charge in [-0.2, -0.15) is 11.8 Å². The van der Waals surface area contributed by atoms with Gasteiger partial charge in [0.2, 0.25) is 10.0 Å². The normalized spacial score (nSPS) is 23.9. The van der Waals surface area contributed by atoms with Crippen LogP contribution in [0.15, 0.2) is 35.7 Å². The van der Waals surface area contributed by atoms with Gasteiger partial charge >= 0.3 is 0 Å². The van der Waals surface area contributed by atoms with Crippen molar-refractivity contribution < 1.29 is 8.42 Å². The summed E-state index contributed by atoms with van der Waals surface area (Å²) in [6.07, 6.45) is 5.13. The fourth-order valence-electron chi connectivity index (χ4n) is 3.35. The summed E-state index contributed by atoms with van der Waals surface area (Å²) in [7, 11) is -3.36. The average Bonchev–Trinajstić information content (AvgIpc) is 3.15. The minimum atomic E-state index is -3.36. The fraction of sp³-hybridized carbons (Fsp3) is 0.556. The number of hydrogen-bond acceptors (Lipinski definition) is 4. The summed E-state index contributed by atoms with van der Waals surface area (Å²) in [5, 5.41) is 1.27. The van der Waals surface area contributed by atoms with Gasteiger partial charge in [0.25, 0.3) is 0 Å². The molecular weight excluding hydrogens is 340 g/mol. The van der Waals surface area contributed by atoms with Crippen molar-refractivity contribution in [1.82, 2.24) is 9.62 Å². The Hall–Kier alpha value is -0.820. The first-order chi connectivity index (χ1) is 11.6. The minimum Gasteiger partial charge on any atom is -0.300 e. The van der Waals surface area contributed by atoms with E-state index in [0.29, 0.717) is 12.5 Å². The predicted molar refractivity (Wildman–Crippen MR) is 102 cm³/mol. The van der Waals surface area contributed by atoms with Crippen LogP contribution in [0.5, 0.6) is 0 Å². The third-order valence-corrected chi connectivity index (χ3v) is 7.09. The zero-order chi connectivity index (χ0) is 16.8. The highest BCUT2D eigenvalue weighted by Gasteiger charge is 2.27. The van der Waals surface area contributed by atoms with E-state index in [1.54, 1.807) is 6.08 Å². The number of nitrogens with zero attached hydrogens (tertiary/aromatic N) is 1. The van der Waals surface area contributed by atoms with E-state index >= 15 is 0 Å². The summed E-state index contributed by atoms with van der Waals surface area (Å²) in [6.45, 7) is 2.77. The molecule has 0 spiro atoms. The molecule has 1 aromatic rings. The standard InChI is InChI=1S/C18H26N2O2S2/c21-24(22,13-9-16-4-2-1-3-5-16)19-14-17-6-10-20(11-7-17)18-8-12-23-15-18/h1-5,9,13,17-19H,6-8,10-12,14-15H2/b13-9+. The fourth-order valence-corrected chi connectivity index (χ4v) is 5.50. The first-order valence-corrected chi connectivity index (χ1v) is 11.4. The molecule has 0 aromatic heterocycles. The third-order valence-electron chi connectivity index (χ3n) is 4.88. The van der Waals surface area contributed by atoms with Crippen LogP contribution in [-0.2, 0) is 10.0 Å². The van der Waals surface area contributed by atoms with Gasteiger partial charge in [-0.25, -0.2) is 13.1 Å². The van der Waals surface area contributed by atoms with E-state index in [2.05, 4.69) is 21.4 Å². The van der Waals surface area contributed by atoms with Crippen LogP contribution in [0.4, 0.5) is 0 Å². The highest BCUT2D eigenvalue weighted by atomic mass is 32.2. The molecule has 2 aliphatic heterocycles. The SMILES string of the molecule is O=S(=O)(/C=C/c1ccccc1)NCC1CCN(C2CCSC2)CC1. The summed E-state index contributed by atoms with van der Waals surface area (Å²) in [4.78, 5) is 2.60. The number of piperidine rings is 1. The third kappa shape index (κ3) is 5.34. The van der Waals surface area contributed by atoms with Crippen LogP contribution >= 0.6 is 11.8 Å². The predicted octanol–water partition coefficient (Wildman–Crippen LogP) is 2.79. The Balaban J connectivity index is 1.43. The van der Waals surface area contributed by atoms with Crippen LogP contribution in [-0.4, -0.2) is 50.5 Å². The molecule has 2 heterocycles. The van der Waals surface area contributed by atoms with E-state index in [-0.39, 0.29) is 0 Å². The van der Waals surface area contributed by atoms with Crippen molar-refractivity contribution in [3.63, 3.8) is 0 Å². The molecule has 3 rings (SSSR count). The van der Waals surface area contributed by atoms with Crippen molar-refractivity contribution in [1.29, 1.82) is 0 Å². The van der Waals surface area contributed by atoms with E-state index in [0.717, 1.165) is 37.5 Å². The Morgan fingerprint density at radius 2 is 1.92 bits per heavy atom. The van der Waals surface area contributed by atoms with Crippen molar-refractivity contribution in [2.45, 2.75) is 25.3 Å². The molecule has 0 radical (unpaired) electrons. The molecule has 24 heavy (non-hydrogen) atoms. The van der Waals surface area contributed by atoms with Crippen LogP contribution in [0.2, 0.25) is 0 Å². The van der Waals surface area contributed by atoms with Gasteiger partial charge in [0, 0.05) is 23.7 Å². The van der Waals surface area contributed by atoms with Crippen LogP contribution in [0.1, 0.15) is 24.8 Å². The number of likely N-dealkylation sites (tertiary alicyclic amines) is 1.